The lowest BCUT2D eigenvalue weighted by molar-refractivity contribution is 1.02. The van der Waals surface area contributed by atoms with Crippen LogP contribution in [-0.4, -0.2) is 4.57 Å². The molecular formula is C54H35N. The Bertz CT molecular complexity index is 3160. The molecule has 12 rings (SSSR count). The van der Waals surface area contributed by atoms with E-state index in [-0.39, 0.29) is 5.92 Å². The molecule has 2 aliphatic rings. The highest BCUT2D eigenvalue weighted by molar-refractivity contribution is 6.13. The Morgan fingerprint density at radius 1 is 0.400 bits per heavy atom. The SMILES string of the molecule is c1ccc(-c2ccc(-n3c4ccc(-c5ccc6c(c5)-c5ccccc5C6c5ccc6ccccc6c5)cc4c4ccc5c(c43)Cc3ccccc3-5)cc2)cc1. The van der Waals surface area contributed by atoms with Gasteiger partial charge < -0.3 is 4.57 Å². The first-order valence-electron chi connectivity index (χ1n) is 19.3. The van der Waals surface area contributed by atoms with Crippen molar-refractivity contribution in [2.45, 2.75) is 12.3 Å². The molecule has 0 saturated carbocycles. The first-order chi connectivity index (χ1) is 27.3. The van der Waals surface area contributed by atoms with Crippen molar-refractivity contribution in [2.24, 2.45) is 0 Å². The van der Waals surface area contributed by atoms with Crippen LogP contribution >= 0.6 is 0 Å². The molecule has 1 heterocycles. The molecule has 1 aromatic heterocycles. The van der Waals surface area contributed by atoms with Crippen molar-refractivity contribution in [2.75, 3.05) is 0 Å². The predicted octanol–water partition coefficient (Wildman–Crippen LogP) is 14.0. The summed E-state index contributed by atoms with van der Waals surface area (Å²) in [4.78, 5) is 0. The number of aromatic nitrogens is 1. The van der Waals surface area contributed by atoms with Crippen LogP contribution in [0.4, 0.5) is 0 Å². The molecule has 9 aromatic carbocycles. The van der Waals surface area contributed by atoms with E-state index in [1.165, 1.54) is 111 Å². The van der Waals surface area contributed by atoms with Gasteiger partial charge in [-0.1, -0.05) is 164 Å². The Labute approximate surface area is 320 Å². The second kappa shape index (κ2) is 11.8. The molecule has 1 nitrogen and oxygen atoms in total. The summed E-state index contributed by atoms with van der Waals surface area (Å²) in [5.74, 6) is 0.213. The highest BCUT2D eigenvalue weighted by Gasteiger charge is 2.30. The molecule has 0 N–H and O–H groups in total. The van der Waals surface area contributed by atoms with E-state index in [0.29, 0.717) is 0 Å². The van der Waals surface area contributed by atoms with Gasteiger partial charge in [0.05, 0.1) is 11.0 Å². The molecule has 1 unspecified atom stereocenters. The lowest BCUT2D eigenvalue weighted by Crippen LogP contribution is -1.99. The van der Waals surface area contributed by atoms with Crippen LogP contribution in [0.2, 0.25) is 0 Å². The average molecular weight is 698 g/mol. The topological polar surface area (TPSA) is 4.93 Å². The van der Waals surface area contributed by atoms with Gasteiger partial charge in [0.2, 0.25) is 0 Å². The summed E-state index contributed by atoms with van der Waals surface area (Å²) in [6.45, 7) is 0. The van der Waals surface area contributed by atoms with Gasteiger partial charge in [-0.15, -0.1) is 0 Å². The normalized spacial score (nSPS) is 13.9. The third-order valence-electron chi connectivity index (χ3n) is 12.3. The molecule has 55 heavy (non-hydrogen) atoms. The fourth-order valence-corrected chi connectivity index (χ4v) is 9.75. The van der Waals surface area contributed by atoms with Gasteiger partial charge in [0.1, 0.15) is 0 Å². The Kier molecular flexibility index (Phi) is 6.53. The van der Waals surface area contributed by atoms with Crippen molar-refractivity contribution in [3.63, 3.8) is 0 Å². The maximum Gasteiger partial charge on any atom is 0.0582 e. The molecule has 256 valence electrons. The van der Waals surface area contributed by atoms with E-state index in [1.807, 2.05) is 0 Å². The van der Waals surface area contributed by atoms with E-state index >= 15 is 0 Å². The standard InChI is InChI=1S/C54H35N/c1-2-10-34(11-3-1)36-20-24-42(25-21-36)55-52-29-23-39(32-50(52)48-28-27-45-43-15-7-6-14-40(43)33-51(45)54(48)55)38-22-26-47-49(31-38)44-16-8-9-17-46(44)53(47)41-19-18-35-12-4-5-13-37(35)30-41/h1-32,53H,33H2. The third kappa shape index (κ3) is 4.60. The molecule has 0 fully saturated rings. The molecule has 10 aromatic rings. The summed E-state index contributed by atoms with van der Waals surface area (Å²) in [6, 6.07) is 72.3. The predicted molar refractivity (Wildman–Crippen MR) is 230 cm³/mol. The Hall–Kier alpha value is -6.96. The first kappa shape index (κ1) is 30.5. The van der Waals surface area contributed by atoms with E-state index in [0.717, 1.165) is 6.42 Å². The van der Waals surface area contributed by atoms with Crippen LogP contribution in [-0.2, 0) is 6.42 Å². The van der Waals surface area contributed by atoms with E-state index in [2.05, 4.69) is 199 Å². The van der Waals surface area contributed by atoms with Crippen molar-refractivity contribution < 1.29 is 0 Å². The minimum absolute atomic E-state index is 0.213. The quantitative estimate of drug-likeness (QED) is 0.173. The monoisotopic (exact) mass is 697 g/mol. The zero-order valence-corrected chi connectivity index (χ0v) is 30.2. The highest BCUT2D eigenvalue weighted by atomic mass is 15.0. The van der Waals surface area contributed by atoms with Crippen molar-refractivity contribution in [1.29, 1.82) is 0 Å². The fourth-order valence-electron chi connectivity index (χ4n) is 9.75. The molecule has 0 radical (unpaired) electrons. The average Bonchev–Trinajstić information content (AvgIpc) is 3.91. The molecule has 1 atom stereocenters. The van der Waals surface area contributed by atoms with Gasteiger partial charge in [-0.2, -0.15) is 0 Å². The lowest BCUT2D eigenvalue weighted by atomic mass is 9.87. The molecule has 2 aliphatic carbocycles. The summed E-state index contributed by atoms with van der Waals surface area (Å²) in [6.07, 6.45) is 0.941. The molecule has 0 bridgehead atoms. The van der Waals surface area contributed by atoms with Gasteiger partial charge in [-0.3, -0.25) is 0 Å². The Morgan fingerprint density at radius 3 is 1.98 bits per heavy atom. The highest BCUT2D eigenvalue weighted by Crippen LogP contribution is 2.50. The summed E-state index contributed by atoms with van der Waals surface area (Å²) in [5.41, 5.74) is 21.0. The number of fused-ring (bicyclic) bond motifs is 11. The minimum Gasteiger partial charge on any atom is -0.309 e. The smallest absolute Gasteiger partial charge is 0.0582 e. The Balaban J connectivity index is 1.02. The van der Waals surface area contributed by atoms with Gasteiger partial charge in [-0.05, 0) is 113 Å². The summed E-state index contributed by atoms with van der Waals surface area (Å²) in [5, 5.41) is 5.16. The second-order valence-electron chi connectivity index (χ2n) is 15.2. The van der Waals surface area contributed by atoms with Crippen LogP contribution in [0.5, 0.6) is 0 Å². The summed E-state index contributed by atoms with van der Waals surface area (Å²) < 4.78 is 2.51. The van der Waals surface area contributed by atoms with Gasteiger partial charge in [0.15, 0.2) is 0 Å². The summed E-state index contributed by atoms with van der Waals surface area (Å²) in [7, 11) is 0. The van der Waals surface area contributed by atoms with Crippen molar-refractivity contribution >= 4 is 32.6 Å². The third-order valence-corrected chi connectivity index (χ3v) is 12.3. The zero-order chi connectivity index (χ0) is 36.0. The molecule has 0 saturated heterocycles. The van der Waals surface area contributed by atoms with E-state index in [4.69, 9.17) is 0 Å². The number of hydrogen-bond donors (Lipinski definition) is 0. The van der Waals surface area contributed by atoms with Crippen molar-refractivity contribution in [3.05, 3.63) is 222 Å². The van der Waals surface area contributed by atoms with Gasteiger partial charge in [0.25, 0.3) is 0 Å². The largest absolute Gasteiger partial charge is 0.309 e. The van der Waals surface area contributed by atoms with Gasteiger partial charge >= 0.3 is 0 Å². The van der Waals surface area contributed by atoms with Crippen molar-refractivity contribution in [3.8, 4) is 50.2 Å². The van der Waals surface area contributed by atoms with E-state index in [9.17, 15) is 0 Å². The Morgan fingerprint density at radius 2 is 1.09 bits per heavy atom. The van der Waals surface area contributed by atoms with Crippen LogP contribution in [0, 0.1) is 0 Å². The molecular weight excluding hydrogens is 663 g/mol. The van der Waals surface area contributed by atoms with Crippen LogP contribution < -0.4 is 0 Å². The maximum atomic E-state index is 2.51. The van der Waals surface area contributed by atoms with E-state index in [1.54, 1.807) is 0 Å². The number of hydrogen-bond acceptors (Lipinski definition) is 0. The molecule has 0 aliphatic heterocycles. The summed E-state index contributed by atoms with van der Waals surface area (Å²) >= 11 is 0. The second-order valence-corrected chi connectivity index (χ2v) is 15.2. The fraction of sp³-hybridized carbons (Fsp3) is 0.0370. The lowest BCUT2D eigenvalue weighted by Gasteiger charge is -2.16. The molecule has 1 heteroatoms. The molecule has 0 amide bonds. The van der Waals surface area contributed by atoms with Crippen LogP contribution in [0.3, 0.4) is 0 Å². The number of benzene rings is 9. The maximum absolute atomic E-state index is 2.51. The number of nitrogens with zero attached hydrogens (tertiary/aromatic N) is 1. The number of rotatable bonds is 4. The van der Waals surface area contributed by atoms with E-state index < -0.39 is 0 Å². The van der Waals surface area contributed by atoms with Crippen LogP contribution in [0.15, 0.2) is 194 Å². The van der Waals surface area contributed by atoms with Crippen molar-refractivity contribution in [1.82, 2.24) is 4.57 Å². The molecule has 0 spiro atoms. The van der Waals surface area contributed by atoms with Gasteiger partial charge in [0, 0.05) is 28.8 Å². The van der Waals surface area contributed by atoms with Crippen LogP contribution in [0.1, 0.15) is 33.7 Å². The minimum atomic E-state index is 0.213. The van der Waals surface area contributed by atoms with Gasteiger partial charge in [-0.25, -0.2) is 0 Å². The zero-order valence-electron chi connectivity index (χ0n) is 30.2. The first-order valence-corrected chi connectivity index (χ1v) is 19.3. The van der Waals surface area contributed by atoms with Crippen LogP contribution in [0.25, 0.3) is 82.8 Å².